The highest BCUT2D eigenvalue weighted by molar-refractivity contribution is 6.13. The molecular weight excluding hydrogens is 729 g/mol. The van der Waals surface area contributed by atoms with Crippen molar-refractivity contribution < 1.29 is 26.3 Å². The fraction of sp³-hybridized carbons (Fsp3) is 0.0465. The van der Waals surface area contributed by atoms with Crippen LogP contribution in [0.2, 0.25) is 0 Å². The Kier molecular flexibility index (Phi) is 7.83. The van der Waals surface area contributed by atoms with Crippen molar-refractivity contribution in [2.24, 2.45) is 0 Å². The van der Waals surface area contributed by atoms with Crippen molar-refractivity contribution in [3.63, 3.8) is 0 Å². The smallest absolute Gasteiger partial charge is 0.308 e. The maximum Gasteiger partial charge on any atom is 0.417 e. The predicted octanol–water partition coefficient (Wildman–Crippen LogP) is 10.9. The van der Waals surface area contributed by atoms with Gasteiger partial charge in [0.1, 0.15) is 0 Å². The van der Waals surface area contributed by atoms with Gasteiger partial charge in [0.25, 0.3) is 0 Å². The third-order valence-electron chi connectivity index (χ3n) is 9.68. The molecule has 56 heavy (non-hydrogen) atoms. The molecular formula is C43H17F6N7. The summed E-state index contributed by atoms with van der Waals surface area (Å²) in [5, 5.41) is 51.0. The van der Waals surface area contributed by atoms with Gasteiger partial charge in [0, 0.05) is 32.7 Å². The van der Waals surface area contributed by atoms with Gasteiger partial charge >= 0.3 is 12.4 Å². The van der Waals surface area contributed by atoms with E-state index < -0.39 is 34.6 Å². The molecule has 0 aliphatic heterocycles. The van der Waals surface area contributed by atoms with Crippen molar-refractivity contribution >= 4 is 43.6 Å². The molecule has 0 saturated heterocycles. The van der Waals surface area contributed by atoms with Gasteiger partial charge in [-0.2, -0.15) is 52.7 Å². The predicted molar refractivity (Wildman–Crippen MR) is 194 cm³/mol. The molecule has 8 rings (SSSR count). The van der Waals surface area contributed by atoms with Crippen LogP contribution in [-0.4, -0.2) is 9.13 Å². The molecule has 266 valence electrons. The van der Waals surface area contributed by atoms with Crippen LogP contribution >= 0.6 is 0 Å². The monoisotopic (exact) mass is 745 g/mol. The number of rotatable bonds is 3. The molecule has 0 fully saturated rings. The third-order valence-corrected chi connectivity index (χ3v) is 9.68. The lowest BCUT2D eigenvalue weighted by molar-refractivity contribution is -0.142. The first-order chi connectivity index (χ1) is 26.8. The zero-order valence-electron chi connectivity index (χ0n) is 28.2. The Morgan fingerprint density at radius 3 is 0.946 bits per heavy atom. The Labute approximate surface area is 312 Å². The quantitative estimate of drug-likeness (QED) is 0.166. The zero-order valence-corrected chi connectivity index (χ0v) is 28.2. The van der Waals surface area contributed by atoms with Gasteiger partial charge in [-0.3, -0.25) is 0 Å². The Morgan fingerprint density at radius 2 is 0.679 bits per heavy atom. The van der Waals surface area contributed by atoms with Crippen LogP contribution in [0.15, 0.2) is 103 Å². The molecule has 0 aliphatic carbocycles. The summed E-state index contributed by atoms with van der Waals surface area (Å²) in [4.78, 5) is 0. The average Bonchev–Trinajstić information content (AvgIpc) is 3.70. The number of halogens is 6. The number of nitrogens with zero attached hydrogens (tertiary/aromatic N) is 7. The molecule has 0 radical (unpaired) electrons. The molecule has 6 aromatic carbocycles. The van der Waals surface area contributed by atoms with Crippen molar-refractivity contribution in [2.75, 3.05) is 0 Å². The van der Waals surface area contributed by atoms with Crippen LogP contribution in [0.5, 0.6) is 0 Å². The molecule has 2 aromatic heterocycles. The highest BCUT2D eigenvalue weighted by Crippen LogP contribution is 2.50. The van der Waals surface area contributed by atoms with Crippen LogP contribution in [-0.2, 0) is 12.4 Å². The molecule has 0 N–H and O–H groups in total. The summed E-state index contributed by atoms with van der Waals surface area (Å²) in [6, 6.07) is 32.1. The van der Waals surface area contributed by atoms with Crippen molar-refractivity contribution in [3.8, 4) is 52.8 Å². The molecule has 0 aliphatic rings. The van der Waals surface area contributed by atoms with Crippen LogP contribution in [0.4, 0.5) is 26.3 Å². The Morgan fingerprint density at radius 1 is 0.375 bits per heavy atom. The maximum absolute atomic E-state index is 15.2. The maximum atomic E-state index is 15.2. The zero-order chi connectivity index (χ0) is 39.7. The van der Waals surface area contributed by atoms with E-state index in [2.05, 4.69) is 0 Å². The molecule has 0 amide bonds. The summed E-state index contributed by atoms with van der Waals surface area (Å²) in [7, 11) is 0. The SMILES string of the molecule is N#Cc1cc(-n2c3ccc(C#N)cc3c3cc(C#N)ccc32)c(-c2c(C(F)(F)F)cccc2C(F)(F)F)c(-n2c3ccc(C#N)cc3c3cc(C#N)ccc32)c1. The van der Waals surface area contributed by atoms with Crippen LogP contribution in [0, 0.1) is 56.7 Å². The molecule has 0 atom stereocenters. The second-order valence-electron chi connectivity index (χ2n) is 12.8. The molecule has 7 nitrogen and oxygen atoms in total. The van der Waals surface area contributed by atoms with Gasteiger partial charge in [-0.05, 0) is 97.1 Å². The summed E-state index contributed by atoms with van der Waals surface area (Å²) in [6.45, 7) is 0. The van der Waals surface area contributed by atoms with Gasteiger partial charge in [0.05, 0.1) is 103 Å². The largest absolute Gasteiger partial charge is 0.417 e. The first-order valence-electron chi connectivity index (χ1n) is 16.4. The fourth-order valence-electron chi connectivity index (χ4n) is 7.42. The number of fused-ring (bicyclic) bond motifs is 6. The summed E-state index contributed by atoms with van der Waals surface area (Å²) in [5.74, 6) is 0. The van der Waals surface area contributed by atoms with Crippen molar-refractivity contribution in [3.05, 3.63) is 142 Å². The number of aromatic nitrogens is 2. The number of hydrogen-bond acceptors (Lipinski definition) is 5. The third kappa shape index (κ3) is 5.33. The number of hydrogen-bond donors (Lipinski definition) is 0. The summed E-state index contributed by atoms with van der Waals surface area (Å²) in [6.07, 6.45) is -10.6. The Bertz CT molecular complexity index is 2890. The topological polar surface area (TPSA) is 129 Å². The van der Waals surface area contributed by atoms with Crippen LogP contribution in [0.25, 0.3) is 66.1 Å². The molecule has 8 aromatic rings. The lowest BCUT2D eigenvalue weighted by Gasteiger charge is -2.25. The lowest BCUT2D eigenvalue weighted by Crippen LogP contribution is -2.16. The van der Waals surface area contributed by atoms with Crippen LogP contribution < -0.4 is 0 Å². The van der Waals surface area contributed by atoms with E-state index in [1.165, 1.54) is 94.1 Å². The summed E-state index contributed by atoms with van der Waals surface area (Å²) in [5.41, 5.74) is -3.75. The van der Waals surface area contributed by atoms with Gasteiger partial charge in [-0.25, -0.2) is 0 Å². The summed E-state index contributed by atoms with van der Waals surface area (Å²) >= 11 is 0. The van der Waals surface area contributed by atoms with E-state index in [4.69, 9.17) is 0 Å². The van der Waals surface area contributed by atoms with Gasteiger partial charge in [-0.15, -0.1) is 0 Å². The van der Waals surface area contributed by atoms with Gasteiger partial charge in [-0.1, -0.05) is 6.07 Å². The lowest BCUT2D eigenvalue weighted by atomic mass is 9.89. The molecule has 2 heterocycles. The molecule has 0 saturated carbocycles. The minimum absolute atomic E-state index is 0.133. The minimum atomic E-state index is -5.31. The standard InChI is InChI=1S/C43H17F6N7/c44-42(45,46)32-2-1-3-33(43(47,48)49)40(32)41-38(55-34-8-4-23(18-50)12-28(34)29-13-24(19-51)5-9-35(29)55)16-27(22-54)17-39(41)56-36-10-6-25(20-52)14-30(36)31-15-26(21-53)7-11-37(31)56/h1-17H. The van der Waals surface area contributed by atoms with E-state index in [0.29, 0.717) is 39.7 Å². The number of benzene rings is 6. The van der Waals surface area contributed by atoms with E-state index >= 15 is 26.3 Å². The van der Waals surface area contributed by atoms with Gasteiger partial charge in [0.2, 0.25) is 0 Å². The van der Waals surface area contributed by atoms with E-state index in [0.717, 1.165) is 0 Å². The van der Waals surface area contributed by atoms with Crippen molar-refractivity contribution in [2.45, 2.75) is 12.4 Å². The van der Waals surface area contributed by atoms with Crippen molar-refractivity contribution in [1.82, 2.24) is 9.13 Å². The van der Waals surface area contributed by atoms with E-state index in [1.807, 2.05) is 30.3 Å². The van der Waals surface area contributed by atoms with E-state index in [9.17, 15) is 26.3 Å². The molecule has 0 bridgehead atoms. The molecule has 13 heteroatoms. The second kappa shape index (κ2) is 12.5. The Hall–Kier alpha value is -8.05. The number of alkyl halides is 6. The number of nitriles is 5. The highest BCUT2D eigenvalue weighted by Gasteiger charge is 2.43. The first kappa shape index (κ1) is 35.0. The Balaban J connectivity index is 1.69. The van der Waals surface area contributed by atoms with E-state index in [-0.39, 0.29) is 61.3 Å². The van der Waals surface area contributed by atoms with Crippen LogP contribution in [0.3, 0.4) is 0 Å². The molecule has 0 spiro atoms. The second-order valence-corrected chi connectivity index (χ2v) is 12.8. The summed E-state index contributed by atoms with van der Waals surface area (Å²) < 4.78 is 94.0. The van der Waals surface area contributed by atoms with Crippen LogP contribution in [0.1, 0.15) is 38.9 Å². The highest BCUT2D eigenvalue weighted by atomic mass is 19.4. The average molecular weight is 746 g/mol. The van der Waals surface area contributed by atoms with Gasteiger partial charge in [0.15, 0.2) is 0 Å². The minimum Gasteiger partial charge on any atom is -0.308 e. The molecule has 0 unspecified atom stereocenters. The van der Waals surface area contributed by atoms with E-state index in [1.54, 1.807) is 0 Å². The normalized spacial score (nSPS) is 11.7. The van der Waals surface area contributed by atoms with Gasteiger partial charge < -0.3 is 9.13 Å². The van der Waals surface area contributed by atoms with Crippen molar-refractivity contribution in [1.29, 1.82) is 26.3 Å². The fourth-order valence-corrected chi connectivity index (χ4v) is 7.42. The first-order valence-corrected chi connectivity index (χ1v) is 16.4.